The number of nitrogens with one attached hydrogen (secondary N) is 1. The molecule has 1 heterocycles. The SMILES string of the molecule is CC(C)(C)NCc1cccc(Cl)c1OCC1CCOC1. The van der Waals surface area contributed by atoms with Gasteiger partial charge in [0.15, 0.2) is 0 Å². The molecule has 1 fully saturated rings. The topological polar surface area (TPSA) is 30.5 Å². The number of hydrogen-bond acceptors (Lipinski definition) is 3. The normalized spacial score (nSPS) is 19.3. The lowest BCUT2D eigenvalue weighted by molar-refractivity contribution is 0.166. The standard InChI is InChI=1S/C16H24ClNO2/c1-16(2,3)18-9-13-5-4-6-14(17)15(13)20-11-12-7-8-19-10-12/h4-6,12,18H,7-11H2,1-3H3. The maximum atomic E-state index is 6.28. The number of hydrogen-bond donors (Lipinski definition) is 1. The minimum Gasteiger partial charge on any atom is -0.491 e. The van der Waals surface area contributed by atoms with E-state index < -0.39 is 0 Å². The predicted octanol–water partition coefficient (Wildman–Crippen LogP) is 3.64. The molecule has 1 N–H and O–H groups in total. The molecule has 0 spiro atoms. The first kappa shape index (κ1) is 15.6. The van der Waals surface area contributed by atoms with E-state index >= 15 is 0 Å². The molecule has 4 heteroatoms. The summed E-state index contributed by atoms with van der Waals surface area (Å²) in [5, 5.41) is 4.15. The van der Waals surface area contributed by atoms with Gasteiger partial charge in [-0.25, -0.2) is 0 Å². The second kappa shape index (κ2) is 6.79. The van der Waals surface area contributed by atoms with E-state index in [9.17, 15) is 0 Å². The second-order valence-electron chi connectivity index (χ2n) is 6.37. The lowest BCUT2D eigenvalue weighted by Gasteiger charge is -2.22. The van der Waals surface area contributed by atoms with Gasteiger partial charge in [-0.05, 0) is 33.3 Å². The summed E-state index contributed by atoms with van der Waals surface area (Å²) in [4.78, 5) is 0. The summed E-state index contributed by atoms with van der Waals surface area (Å²) in [6, 6.07) is 5.90. The van der Waals surface area contributed by atoms with Gasteiger partial charge in [0.25, 0.3) is 0 Å². The Morgan fingerprint density at radius 2 is 2.20 bits per heavy atom. The smallest absolute Gasteiger partial charge is 0.142 e. The first-order valence-electron chi connectivity index (χ1n) is 7.19. The van der Waals surface area contributed by atoms with Crippen molar-refractivity contribution in [3.05, 3.63) is 28.8 Å². The first-order valence-corrected chi connectivity index (χ1v) is 7.56. The van der Waals surface area contributed by atoms with Crippen LogP contribution in [0.1, 0.15) is 32.8 Å². The zero-order valence-electron chi connectivity index (χ0n) is 12.5. The zero-order valence-corrected chi connectivity index (χ0v) is 13.3. The molecule has 1 aromatic rings. The minimum atomic E-state index is 0.0683. The van der Waals surface area contributed by atoms with Crippen LogP contribution < -0.4 is 10.1 Å². The van der Waals surface area contributed by atoms with Gasteiger partial charge >= 0.3 is 0 Å². The van der Waals surface area contributed by atoms with Gasteiger partial charge in [0.2, 0.25) is 0 Å². The fourth-order valence-corrected chi connectivity index (χ4v) is 2.38. The maximum Gasteiger partial charge on any atom is 0.142 e. The summed E-state index contributed by atoms with van der Waals surface area (Å²) in [5.74, 6) is 1.28. The van der Waals surface area contributed by atoms with Gasteiger partial charge in [-0.1, -0.05) is 23.7 Å². The van der Waals surface area contributed by atoms with Crippen LogP contribution in [0.25, 0.3) is 0 Å². The molecule has 1 unspecified atom stereocenters. The van der Waals surface area contributed by atoms with Crippen molar-refractivity contribution < 1.29 is 9.47 Å². The average Bonchev–Trinajstić information content (AvgIpc) is 2.87. The molecule has 0 saturated carbocycles. The van der Waals surface area contributed by atoms with Crippen LogP contribution in [0.3, 0.4) is 0 Å². The van der Waals surface area contributed by atoms with E-state index in [1.807, 2.05) is 12.1 Å². The molecule has 112 valence electrons. The monoisotopic (exact) mass is 297 g/mol. The summed E-state index contributed by atoms with van der Waals surface area (Å²) in [7, 11) is 0. The molecule has 1 saturated heterocycles. The van der Waals surface area contributed by atoms with Gasteiger partial charge in [-0.3, -0.25) is 0 Å². The van der Waals surface area contributed by atoms with Crippen LogP contribution in [0.5, 0.6) is 5.75 Å². The molecule has 0 aromatic heterocycles. The Morgan fingerprint density at radius 3 is 2.85 bits per heavy atom. The Hall–Kier alpha value is -0.770. The Balaban J connectivity index is 2.01. The average molecular weight is 298 g/mol. The maximum absolute atomic E-state index is 6.28. The minimum absolute atomic E-state index is 0.0683. The Labute approximate surface area is 126 Å². The molecule has 1 aliphatic rings. The third kappa shape index (κ3) is 4.65. The van der Waals surface area contributed by atoms with Crippen molar-refractivity contribution in [1.29, 1.82) is 0 Å². The largest absolute Gasteiger partial charge is 0.491 e. The first-order chi connectivity index (χ1) is 9.46. The van der Waals surface area contributed by atoms with Crippen LogP contribution in [-0.4, -0.2) is 25.4 Å². The van der Waals surface area contributed by atoms with E-state index in [1.165, 1.54) is 0 Å². The van der Waals surface area contributed by atoms with Gasteiger partial charge in [0.1, 0.15) is 5.75 Å². The molecule has 1 aromatic carbocycles. The summed E-state index contributed by atoms with van der Waals surface area (Å²) >= 11 is 6.28. The lowest BCUT2D eigenvalue weighted by atomic mass is 10.1. The summed E-state index contributed by atoms with van der Waals surface area (Å²) in [6.45, 7) is 9.50. The highest BCUT2D eigenvalue weighted by Crippen LogP contribution is 2.30. The van der Waals surface area contributed by atoms with E-state index in [0.717, 1.165) is 37.5 Å². The highest BCUT2D eigenvalue weighted by molar-refractivity contribution is 6.32. The third-order valence-electron chi connectivity index (χ3n) is 3.35. The Bertz CT molecular complexity index is 437. The second-order valence-corrected chi connectivity index (χ2v) is 6.78. The van der Waals surface area contributed by atoms with E-state index in [2.05, 4.69) is 32.2 Å². The summed E-state index contributed by atoms with van der Waals surface area (Å²) in [5.41, 5.74) is 1.17. The molecule has 0 radical (unpaired) electrons. The van der Waals surface area contributed by atoms with Crippen LogP contribution in [0.15, 0.2) is 18.2 Å². The van der Waals surface area contributed by atoms with Crippen LogP contribution >= 0.6 is 11.6 Å². The van der Waals surface area contributed by atoms with Crippen LogP contribution in [-0.2, 0) is 11.3 Å². The van der Waals surface area contributed by atoms with Crippen LogP contribution in [0.4, 0.5) is 0 Å². The molecule has 0 amide bonds. The highest BCUT2D eigenvalue weighted by atomic mass is 35.5. The number of halogens is 1. The van der Waals surface area contributed by atoms with Crippen LogP contribution in [0.2, 0.25) is 5.02 Å². The fourth-order valence-electron chi connectivity index (χ4n) is 2.13. The summed E-state index contributed by atoms with van der Waals surface area (Å²) < 4.78 is 11.3. The molecular weight excluding hydrogens is 274 g/mol. The van der Waals surface area contributed by atoms with Crippen molar-refractivity contribution in [2.24, 2.45) is 5.92 Å². The van der Waals surface area contributed by atoms with Gasteiger partial charge in [-0.2, -0.15) is 0 Å². The van der Waals surface area contributed by atoms with Crippen molar-refractivity contribution in [1.82, 2.24) is 5.32 Å². The number of para-hydroxylation sites is 1. The number of benzene rings is 1. The molecular formula is C16H24ClNO2. The fraction of sp³-hybridized carbons (Fsp3) is 0.625. The van der Waals surface area contributed by atoms with Crippen molar-refractivity contribution in [3.8, 4) is 5.75 Å². The van der Waals surface area contributed by atoms with E-state index in [4.69, 9.17) is 21.1 Å². The molecule has 0 aliphatic carbocycles. The third-order valence-corrected chi connectivity index (χ3v) is 3.64. The van der Waals surface area contributed by atoms with Crippen molar-refractivity contribution in [2.75, 3.05) is 19.8 Å². The zero-order chi connectivity index (χ0) is 14.6. The van der Waals surface area contributed by atoms with Gasteiger partial charge < -0.3 is 14.8 Å². The van der Waals surface area contributed by atoms with Crippen molar-refractivity contribution in [2.45, 2.75) is 39.3 Å². The predicted molar refractivity (Wildman–Crippen MR) is 82.5 cm³/mol. The lowest BCUT2D eigenvalue weighted by Crippen LogP contribution is -2.35. The van der Waals surface area contributed by atoms with Crippen molar-refractivity contribution >= 4 is 11.6 Å². The molecule has 1 aliphatic heterocycles. The van der Waals surface area contributed by atoms with Crippen molar-refractivity contribution in [3.63, 3.8) is 0 Å². The molecule has 3 nitrogen and oxygen atoms in total. The van der Waals surface area contributed by atoms with E-state index in [-0.39, 0.29) is 5.54 Å². The van der Waals surface area contributed by atoms with E-state index in [0.29, 0.717) is 17.5 Å². The summed E-state index contributed by atoms with van der Waals surface area (Å²) in [6.07, 6.45) is 1.07. The van der Waals surface area contributed by atoms with E-state index in [1.54, 1.807) is 0 Å². The molecule has 0 bridgehead atoms. The quantitative estimate of drug-likeness (QED) is 0.900. The molecule has 20 heavy (non-hydrogen) atoms. The van der Waals surface area contributed by atoms with Gasteiger partial charge in [-0.15, -0.1) is 0 Å². The highest BCUT2D eigenvalue weighted by Gasteiger charge is 2.18. The van der Waals surface area contributed by atoms with Gasteiger partial charge in [0.05, 0.1) is 18.2 Å². The molecule has 1 atom stereocenters. The molecule has 2 rings (SSSR count). The number of rotatable bonds is 5. The Kier molecular flexibility index (Phi) is 5.30. The Morgan fingerprint density at radius 1 is 1.40 bits per heavy atom. The number of ether oxygens (including phenoxy) is 2. The van der Waals surface area contributed by atoms with Crippen LogP contribution in [0, 0.1) is 5.92 Å². The van der Waals surface area contributed by atoms with Gasteiger partial charge in [0, 0.05) is 30.2 Å².